The normalized spacial score (nSPS) is 10.8. The van der Waals surface area contributed by atoms with Crippen LogP contribution in [0.5, 0.6) is 17.2 Å². The van der Waals surface area contributed by atoms with Crippen LogP contribution in [-0.4, -0.2) is 24.5 Å². The van der Waals surface area contributed by atoms with Crippen LogP contribution in [0.2, 0.25) is 0 Å². The second-order valence-corrected chi connectivity index (χ2v) is 3.84. The minimum atomic E-state index is -0.101. The summed E-state index contributed by atoms with van der Waals surface area (Å²) < 4.78 is 20.7. The molecular weight excluding hydrogens is 250 g/mol. The maximum Gasteiger partial charge on any atom is 0.205 e. The van der Waals surface area contributed by atoms with E-state index in [1.807, 2.05) is 0 Å². The standard InChI is InChI=1S/C13H11NO5/c1-16-11-7-3-5-18-12(7)13(17-2)10(15)9(11)8-4-6-19-14-8/h3-6,15H,1-2H3. The molecule has 6 heteroatoms. The van der Waals surface area contributed by atoms with Gasteiger partial charge in [-0.1, -0.05) is 5.16 Å². The Kier molecular flexibility index (Phi) is 2.56. The zero-order valence-corrected chi connectivity index (χ0v) is 10.3. The lowest BCUT2D eigenvalue weighted by Crippen LogP contribution is -1.93. The number of aromatic hydroxyl groups is 1. The Morgan fingerprint density at radius 1 is 1.11 bits per heavy atom. The van der Waals surface area contributed by atoms with E-state index in [2.05, 4.69) is 5.16 Å². The molecule has 1 N–H and O–H groups in total. The molecule has 0 fully saturated rings. The number of furan rings is 1. The van der Waals surface area contributed by atoms with E-state index in [9.17, 15) is 5.11 Å². The SMILES string of the molecule is COc1c(-c2ccon2)c(O)c(OC)c2occc12. The topological polar surface area (TPSA) is 77.9 Å². The van der Waals surface area contributed by atoms with Crippen LogP contribution < -0.4 is 9.47 Å². The molecule has 0 aliphatic carbocycles. The van der Waals surface area contributed by atoms with Gasteiger partial charge in [-0.2, -0.15) is 0 Å². The average Bonchev–Trinajstić information content (AvgIpc) is 3.07. The van der Waals surface area contributed by atoms with Gasteiger partial charge < -0.3 is 23.5 Å². The van der Waals surface area contributed by atoms with Crippen molar-refractivity contribution in [2.75, 3.05) is 14.2 Å². The van der Waals surface area contributed by atoms with Gasteiger partial charge in [0.15, 0.2) is 11.3 Å². The second kappa shape index (κ2) is 4.24. The summed E-state index contributed by atoms with van der Waals surface area (Å²) in [4.78, 5) is 0. The molecule has 0 saturated heterocycles. The molecule has 0 saturated carbocycles. The molecule has 0 bridgehead atoms. The van der Waals surface area contributed by atoms with Gasteiger partial charge in [0.1, 0.15) is 17.7 Å². The number of benzene rings is 1. The molecule has 0 amide bonds. The van der Waals surface area contributed by atoms with Crippen LogP contribution >= 0.6 is 0 Å². The third-order valence-corrected chi connectivity index (χ3v) is 2.90. The smallest absolute Gasteiger partial charge is 0.205 e. The highest BCUT2D eigenvalue weighted by Gasteiger charge is 2.25. The highest BCUT2D eigenvalue weighted by atomic mass is 16.5. The Hall–Kier alpha value is -2.63. The average molecular weight is 261 g/mol. The first-order valence-corrected chi connectivity index (χ1v) is 5.52. The van der Waals surface area contributed by atoms with E-state index < -0.39 is 0 Å². The van der Waals surface area contributed by atoms with Gasteiger partial charge in [0, 0.05) is 6.07 Å². The van der Waals surface area contributed by atoms with Crippen LogP contribution in [0.3, 0.4) is 0 Å². The van der Waals surface area contributed by atoms with Crippen LogP contribution in [0.25, 0.3) is 22.2 Å². The lowest BCUT2D eigenvalue weighted by molar-refractivity contribution is 0.366. The number of aromatic nitrogens is 1. The van der Waals surface area contributed by atoms with Gasteiger partial charge in [-0.05, 0) is 6.07 Å². The van der Waals surface area contributed by atoms with Crippen LogP contribution in [0.15, 0.2) is 33.6 Å². The number of ether oxygens (including phenoxy) is 2. The fraction of sp³-hybridized carbons (Fsp3) is 0.154. The molecule has 2 heterocycles. The van der Waals surface area contributed by atoms with E-state index >= 15 is 0 Å². The summed E-state index contributed by atoms with van der Waals surface area (Å²) in [6.45, 7) is 0. The number of methoxy groups -OCH3 is 2. The first-order chi connectivity index (χ1) is 9.27. The highest BCUT2D eigenvalue weighted by Crippen LogP contribution is 2.49. The van der Waals surface area contributed by atoms with Crippen LogP contribution in [0.4, 0.5) is 0 Å². The summed E-state index contributed by atoms with van der Waals surface area (Å²) in [5.41, 5.74) is 1.28. The third-order valence-electron chi connectivity index (χ3n) is 2.90. The summed E-state index contributed by atoms with van der Waals surface area (Å²) in [5, 5.41) is 14.9. The monoisotopic (exact) mass is 261 g/mol. The fourth-order valence-electron chi connectivity index (χ4n) is 2.11. The minimum Gasteiger partial charge on any atom is -0.504 e. The minimum absolute atomic E-state index is 0.101. The largest absolute Gasteiger partial charge is 0.504 e. The van der Waals surface area contributed by atoms with Crippen molar-refractivity contribution >= 4 is 11.0 Å². The Morgan fingerprint density at radius 3 is 2.53 bits per heavy atom. The zero-order valence-electron chi connectivity index (χ0n) is 10.3. The summed E-state index contributed by atoms with van der Waals surface area (Å²) in [7, 11) is 2.97. The van der Waals surface area contributed by atoms with Crippen molar-refractivity contribution in [1.82, 2.24) is 5.16 Å². The molecule has 0 aliphatic rings. The molecule has 0 unspecified atom stereocenters. The van der Waals surface area contributed by atoms with E-state index in [-0.39, 0.29) is 11.5 Å². The summed E-state index contributed by atoms with van der Waals surface area (Å²) >= 11 is 0. The predicted octanol–water partition coefficient (Wildman–Crippen LogP) is 2.81. The third kappa shape index (κ3) is 1.53. The Morgan fingerprint density at radius 2 is 1.89 bits per heavy atom. The number of fused-ring (bicyclic) bond motifs is 1. The number of rotatable bonds is 3. The zero-order chi connectivity index (χ0) is 13.4. The van der Waals surface area contributed by atoms with Crippen LogP contribution in [-0.2, 0) is 0 Å². The number of nitrogens with zero attached hydrogens (tertiary/aromatic N) is 1. The molecule has 19 heavy (non-hydrogen) atoms. The van der Waals surface area contributed by atoms with Crippen molar-refractivity contribution in [3.63, 3.8) is 0 Å². The Labute approximate surface area is 108 Å². The molecule has 0 atom stereocenters. The van der Waals surface area contributed by atoms with E-state index in [0.717, 1.165) is 0 Å². The molecule has 3 aromatic rings. The van der Waals surface area contributed by atoms with Crippen molar-refractivity contribution in [2.24, 2.45) is 0 Å². The summed E-state index contributed by atoms with van der Waals surface area (Å²) in [5.74, 6) is 0.588. The maximum absolute atomic E-state index is 10.3. The Balaban J connectivity index is 2.45. The van der Waals surface area contributed by atoms with E-state index in [4.69, 9.17) is 18.4 Å². The van der Waals surface area contributed by atoms with Gasteiger partial charge in [0.2, 0.25) is 5.75 Å². The molecular formula is C13H11NO5. The van der Waals surface area contributed by atoms with Crippen molar-refractivity contribution < 1.29 is 23.5 Å². The number of phenolic OH excluding ortho intramolecular Hbond substituents is 1. The molecule has 6 nitrogen and oxygen atoms in total. The van der Waals surface area contributed by atoms with Gasteiger partial charge in [0.05, 0.1) is 31.4 Å². The van der Waals surface area contributed by atoms with Crippen molar-refractivity contribution in [3.8, 4) is 28.5 Å². The molecule has 3 rings (SSSR count). The fourth-order valence-corrected chi connectivity index (χ4v) is 2.11. The van der Waals surface area contributed by atoms with Crippen LogP contribution in [0.1, 0.15) is 0 Å². The van der Waals surface area contributed by atoms with Gasteiger partial charge in [0.25, 0.3) is 0 Å². The number of hydrogen-bond donors (Lipinski definition) is 1. The van der Waals surface area contributed by atoms with E-state index in [0.29, 0.717) is 28.0 Å². The highest BCUT2D eigenvalue weighted by molar-refractivity contribution is 5.99. The van der Waals surface area contributed by atoms with Gasteiger partial charge in [-0.3, -0.25) is 0 Å². The first-order valence-electron chi connectivity index (χ1n) is 5.52. The lowest BCUT2D eigenvalue weighted by Gasteiger charge is -2.12. The molecule has 0 spiro atoms. The molecule has 0 radical (unpaired) electrons. The van der Waals surface area contributed by atoms with E-state index in [1.54, 1.807) is 12.1 Å². The van der Waals surface area contributed by atoms with Gasteiger partial charge in [-0.25, -0.2) is 0 Å². The predicted molar refractivity (Wildman–Crippen MR) is 66.5 cm³/mol. The van der Waals surface area contributed by atoms with Crippen molar-refractivity contribution in [1.29, 1.82) is 0 Å². The molecule has 2 aromatic heterocycles. The van der Waals surface area contributed by atoms with Crippen LogP contribution in [0, 0.1) is 0 Å². The number of hydrogen-bond acceptors (Lipinski definition) is 6. The van der Waals surface area contributed by atoms with Crippen molar-refractivity contribution in [2.45, 2.75) is 0 Å². The quantitative estimate of drug-likeness (QED) is 0.781. The Bertz CT molecular complexity index is 714. The number of phenols is 1. The lowest BCUT2D eigenvalue weighted by atomic mass is 10.1. The first kappa shape index (κ1) is 11.5. The molecule has 0 aliphatic heterocycles. The van der Waals surface area contributed by atoms with E-state index in [1.165, 1.54) is 26.7 Å². The summed E-state index contributed by atoms with van der Waals surface area (Å²) in [6.07, 6.45) is 2.92. The maximum atomic E-state index is 10.3. The molecule has 1 aromatic carbocycles. The van der Waals surface area contributed by atoms with Crippen molar-refractivity contribution in [3.05, 3.63) is 24.7 Å². The van der Waals surface area contributed by atoms with Gasteiger partial charge in [-0.15, -0.1) is 0 Å². The second-order valence-electron chi connectivity index (χ2n) is 3.84. The summed E-state index contributed by atoms with van der Waals surface area (Å²) in [6, 6.07) is 3.36. The molecule has 98 valence electrons. The van der Waals surface area contributed by atoms with Gasteiger partial charge >= 0.3 is 0 Å².